The Hall–Kier alpha value is -1.33. The molecule has 112 valence electrons. The number of allylic oxidation sites excluding steroid dienone is 2. The van der Waals surface area contributed by atoms with E-state index < -0.39 is 17.8 Å². The molecule has 2 N–H and O–H groups in total. The number of aryl methyl sites for hydroxylation is 1. The van der Waals surface area contributed by atoms with Gasteiger partial charge in [0.15, 0.2) is 0 Å². The lowest BCUT2D eigenvalue weighted by molar-refractivity contribution is -0.146. The Labute approximate surface area is 136 Å². The summed E-state index contributed by atoms with van der Waals surface area (Å²) in [5.74, 6) is -2.69. The molecule has 0 bridgehead atoms. The Balaban J connectivity index is 2.18. The molecule has 0 saturated heterocycles. The van der Waals surface area contributed by atoms with Gasteiger partial charge in [0.1, 0.15) is 0 Å². The average Bonchev–Trinajstić information content (AvgIpc) is 2.41. The monoisotopic (exact) mass is 371 g/mol. The molecule has 1 amide bonds. The number of carboxylic acid groups (broad SMARTS) is 1. The zero-order chi connectivity index (χ0) is 15.6. The van der Waals surface area contributed by atoms with Crippen LogP contribution in [0.3, 0.4) is 0 Å². The van der Waals surface area contributed by atoms with Crippen LogP contribution in [0.5, 0.6) is 0 Å². The van der Waals surface area contributed by atoms with Crippen molar-refractivity contribution in [2.45, 2.75) is 19.8 Å². The van der Waals surface area contributed by atoms with E-state index in [2.05, 4.69) is 21.2 Å². The first-order valence-electron chi connectivity index (χ1n) is 6.53. The number of benzene rings is 1. The molecule has 1 aromatic rings. The molecule has 4 nitrogen and oxygen atoms in total. The minimum absolute atomic E-state index is 0.258. The van der Waals surface area contributed by atoms with Gasteiger partial charge in [-0.3, -0.25) is 9.59 Å². The Morgan fingerprint density at radius 2 is 2.10 bits per heavy atom. The third-order valence-electron chi connectivity index (χ3n) is 3.53. The predicted molar refractivity (Wildman–Crippen MR) is 85.3 cm³/mol. The van der Waals surface area contributed by atoms with E-state index in [1.165, 1.54) is 0 Å². The highest BCUT2D eigenvalue weighted by atomic mass is 79.9. The smallest absolute Gasteiger partial charge is 0.307 e. The van der Waals surface area contributed by atoms with Crippen molar-refractivity contribution in [3.63, 3.8) is 0 Å². The van der Waals surface area contributed by atoms with Gasteiger partial charge in [-0.05, 0) is 53.4 Å². The Kier molecular flexibility index (Phi) is 5.06. The van der Waals surface area contributed by atoms with Crippen molar-refractivity contribution in [1.29, 1.82) is 0 Å². The lowest BCUT2D eigenvalue weighted by atomic mass is 9.82. The fourth-order valence-corrected chi connectivity index (χ4v) is 3.20. The molecule has 6 heteroatoms. The van der Waals surface area contributed by atoms with Gasteiger partial charge in [0.05, 0.1) is 17.5 Å². The number of rotatable bonds is 3. The highest BCUT2D eigenvalue weighted by molar-refractivity contribution is 9.10. The maximum absolute atomic E-state index is 12.4. The SMILES string of the molecule is Cc1ccc(NC(=O)[C@@H]2CC(Cl)=CC[C@H]2C(=O)O)c(Br)c1. The second kappa shape index (κ2) is 6.62. The molecule has 1 aliphatic carbocycles. The molecule has 1 aliphatic rings. The molecule has 2 atom stereocenters. The molecule has 0 unspecified atom stereocenters. The second-order valence-electron chi connectivity index (χ2n) is 5.11. The number of hydrogen-bond donors (Lipinski definition) is 2. The van der Waals surface area contributed by atoms with Crippen LogP contribution in [0.4, 0.5) is 5.69 Å². The lowest BCUT2D eigenvalue weighted by Gasteiger charge is -2.26. The first kappa shape index (κ1) is 16.0. The molecular weight excluding hydrogens is 358 g/mol. The van der Waals surface area contributed by atoms with Crippen LogP contribution in [-0.4, -0.2) is 17.0 Å². The van der Waals surface area contributed by atoms with Gasteiger partial charge >= 0.3 is 5.97 Å². The van der Waals surface area contributed by atoms with Crippen molar-refractivity contribution in [3.05, 3.63) is 39.3 Å². The van der Waals surface area contributed by atoms with Crippen molar-refractivity contribution in [3.8, 4) is 0 Å². The number of aliphatic carboxylic acids is 1. The van der Waals surface area contributed by atoms with Gasteiger partial charge < -0.3 is 10.4 Å². The number of halogens is 2. The standard InChI is InChI=1S/C15H15BrClNO3/c1-8-2-5-13(12(16)6-8)18-14(19)11-7-9(17)3-4-10(11)15(20)21/h2-3,5-6,10-11H,4,7H2,1H3,(H,18,19)(H,20,21)/t10-,11-/m1/s1. The van der Waals surface area contributed by atoms with Crippen molar-refractivity contribution in [1.82, 2.24) is 0 Å². The summed E-state index contributed by atoms with van der Waals surface area (Å²) in [4.78, 5) is 23.7. The number of carbonyl (C=O) groups excluding carboxylic acids is 1. The zero-order valence-corrected chi connectivity index (χ0v) is 13.7. The highest BCUT2D eigenvalue weighted by Crippen LogP contribution is 2.33. The molecule has 0 fully saturated rings. The van der Waals surface area contributed by atoms with E-state index in [1.54, 1.807) is 12.1 Å². The van der Waals surface area contributed by atoms with Gasteiger partial charge in [-0.2, -0.15) is 0 Å². The molecule has 0 aliphatic heterocycles. The molecule has 0 heterocycles. The summed E-state index contributed by atoms with van der Waals surface area (Å²) in [5, 5.41) is 12.6. The summed E-state index contributed by atoms with van der Waals surface area (Å²) >= 11 is 9.35. The average molecular weight is 373 g/mol. The lowest BCUT2D eigenvalue weighted by Crippen LogP contribution is -2.35. The van der Waals surface area contributed by atoms with Crippen LogP contribution < -0.4 is 5.32 Å². The van der Waals surface area contributed by atoms with Crippen LogP contribution in [0.25, 0.3) is 0 Å². The van der Waals surface area contributed by atoms with Crippen LogP contribution in [0.2, 0.25) is 0 Å². The number of anilines is 1. The number of nitrogens with one attached hydrogen (secondary N) is 1. The summed E-state index contributed by atoms with van der Waals surface area (Å²) in [7, 11) is 0. The Morgan fingerprint density at radius 1 is 1.38 bits per heavy atom. The summed E-state index contributed by atoms with van der Waals surface area (Å²) in [5.41, 5.74) is 1.69. The third-order valence-corrected chi connectivity index (χ3v) is 4.50. The summed E-state index contributed by atoms with van der Waals surface area (Å²) in [6.45, 7) is 1.95. The topological polar surface area (TPSA) is 66.4 Å². The van der Waals surface area contributed by atoms with E-state index in [9.17, 15) is 14.7 Å². The van der Waals surface area contributed by atoms with Crippen molar-refractivity contribution in [2.24, 2.45) is 11.8 Å². The predicted octanol–water partition coefficient (Wildman–Crippen LogP) is 3.93. The quantitative estimate of drug-likeness (QED) is 0.845. The van der Waals surface area contributed by atoms with Crippen molar-refractivity contribution < 1.29 is 14.7 Å². The van der Waals surface area contributed by atoms with Crippen LogP contribution in [0, 0.1) is 18.8 Å². The normalized spacial score (nSPS) is 21.6. The molecular formula is C15H15BrClNO3. The first-order chi connectivity index (χ1) is 9.88. The number of carbonyl (C=O) groups is 2. The fraction of sp³-hybridized carbons (Fsp3) is 0.333. The summed E-state index contributed by atoms with van der Waals surface area (Å²) in [6.07, 6.45) is 2.21. The minimum atomic E-state index is -0.974. The number of hydrogen-bond acceptors (Lipinski definition) is 2. The molecule has 2 rings (SSSR count). The molecule has 0 saturated carbocycles. The molecule has 21 heavy (non-hydrogen) atoms. The first-order valence-corrected chi connectivity index (χ1v) is 7.70. The Bertz CT molecular complexity index is 615. The molecule has 0 spiro atoms. The van der Waals surface area contributed by atoms with Crippen molar-refractivity contribution in [2.75, 3.05) is 5.32 Å². The Morgan fingerprint density at radius 3 is 2.71 bits per heavy atom. The second-order valence-corrected chi connectivity index (χ2v) is 6.45. The van der Waals surface area contributed by atoms with Gasteiger partial charge in [-0.1, -0.05) is 23.7 Å². The van der Waals surface area contributed by atoms with Gasteiger partial charge in [-0.25, -0.2) is 0 Å². The van der Waals surface area contributed by atoms with E-state index >= 15 is 0 Å². The van der Waals surface area contributed by atoms with Crippen LogP contribution in [0.15, 0.2) is 33.8 Å². The van der Waals surface area contributed by atoms with E-state index in [0.717, 1.165) is 10.0 Å². The summed E-state index contributed by atoms with van der Waals surface area (Å²) < 4.78 is 0.764. The minimum Gasteiger partial charge on any atom is -0.481 e. The van der Waals surface area contributed by atoms with E-state index in [1.807, 2.05) is 19.1 Å². The largest absolute Gasteiger partial charge is 0.481 e. The van der Waals surface area contributed by atoms with E-state index in [4.69, 9.17) is 11.6 Å². The van der Waals surface area contributed by atoms with Crippen LogP contribution >= 0.6 is 27.5 Å². The maximum atomic E-state index is 12.4. The van der Waals surface area contributed by atoms with Crippen molar-refractivity contribution >= 4 is 45.1 Å². The molecule has 0 radical (unpaired) electrons. The summed E-state index contributed by atoms with van der Waals surface area (Å²) in [6, 6.07) is 5.55. The van der Waals surface area contributed by atoms with Gasteiger partial charge in [0.2, 0.25) is 5.91 Å². The van der Waals surface area contributed by atoms with Gasteiger partial charge in [-0.15, -0.1) is 0 Å². The highest BCUT2D eigenvalue weighted by Gasteiger charge is 2.36. The molecule has 0 aromatic heterocycles. The van der Waals surface area contributed by atoms with Crippen LogP contribution in [-0.2, 0) is 9.59 Å². The van der Waals surface area contributed by atoms with E-state index in [0.29, 0.717) is 10.7 Å². The third kappa shape index (κ3) is 3.86. The number of amides is 1. The van der Waals surface area contributed by atoms with Gasteiger partial charge in [0, 0.05) is 9.51 Å². The molecule has 1 aromatic carbocycles. The maximum Gasteiger partial charge on any atom is 0.307 e. The van der Waals surface area contributed by atoms with Gasteiger partial charge in [0.25, 0.3) is 0 Å². The number of carboxylic acids is 1. The fourth-order valence-electron chi connectivity index (χ4n) is 2.35. The zero-order valence-electron chi connectivity index (χ0n) is 11.4. The van der Waals surface area contributed by atoms with E-state index in [-0.39, 0.29) is 18.7 Å². The van der Waals surface area contributed by atoms with Crippen LogP contribution in [0.1, 0.15) is 18.4 Å².